The van der Waals surface area contributed by atoms with Crippen molar-refractivity contribution in [2.45, 2.75) is 0 Å². The normalized spacial score (nSPS) is 10.9. The summed E-state index contributed by atoms with van der Waals surface area (Å²) in [5.74, 6) is 0. The van der Waals surface area contributed by atoms with Crippen LogP contribution in [0.15, 0.2) is 83.7 Å². The van der Waals surface area contributed by atoms with Crippen molar-refractivity contribution in [1.29, 1.82) is 0 Å². The van der Waals surface area contributed by atoms with Gasteiger partial charge in [-0.05, 0) is 11.6 Å². The van der Waals surface area contributed by atoms with Crippen molar-refractivity contribution in [3.8, 4) is 22.5 Å². The summed E-state index contributed by atoms with van der Waals surface area (Å²) < 4.78 is 0. The Labute approximate surface area is 155 Å². The van der Waals surface area contributed by atoms with Gasteiger partial charge in [-0.3, -0.25) is 5.43 Å². The second kappa shape index (κ2) is 7.67. The topological polar surface area (TPSA) is 63.1 Å². The first kappa shape index (κ1) is 16.1. The van der Waals surface area contributed by atoms with E-state index in [9.17, 15) is 0 Å². The minimum Gasteiger partial charge on any atom is -0.253 e. The molecule has 0 aliphatic heterocycles. The van der Waals surface area contributed by atoms with E-state index in [1.54, 1.807) is 18.7 Å². The molecule has 0 saturated carbocycles. The Morgan fingerprint density at radius 3 is 2.46 bits per heavy atom. The smallest absolute Gasteiger partial charge is 0.203 e. The summed E-state index contributed by atoms with van der Waals surface area (Å²) in [6.45, 7) is 0. The maximum atomic E-state index is 4.54. The molecule has 0 radical (unpaired) electrons. The molecule has 4 aromatic rings. The van der Waals surface area contributed by atoms with E-state index >= 15 is 0 Å². The van der Waals surface area contributed by atoms with E-state index in [1.165, 1.54) is 11.3 Å². The molecule has 0 amide bonds. The van der Waals surface area contributed by atoms with Gasteiger partial charge >= 0.3 is 0 Å². The molecule has 0 unspecified atom stereocenters. The number of nitrogens with zero attached hydrogens (tertiary/aromatic N) is 4. The molecule has 0 spiro atoms. The number of hydrazone groups is 1. The van der Waals surface area contributed by atoms with E-state index < -0.39 is 0 Å². The Morgan fingerprint density at radius 1 is 0.885 bits per heavy atom. The van der Waals surface area contributed by atoms with Crippen LogP contribution in [0.2, 0.25) is 0 Å². The highest BCUT2D eigenvalue weighted by molar-refractivity contribution is 7.14. The number of aromatic nitrogens is 3. The van der Waals surface area contributed by atoms with Gasteiger partial charge in [-0.2, -0.15) is 5.10 Å². The highest BCUT2D eigenvalue weighted by Gasteiger charge is 2.03. The minimum atomic E-state index is 0.762. The lowest BCUT2D eigenvalue weighted by Crippen LogP contribution is -1.90. The minimum absolute atomic E-state index is 0.762. The third-order valence-electron chi connectivity index (χ3n) is 3.74. The van der Waals surface area contributed by atoms with Crippen molar-refractivity contribution in [3.63, 3.8) is 0 Å². The summed E-state index contributed by atoms with van der Waals surface area (Å²) in [5.41, 5.74) is 7.97. The van der Waals surface area contributed by atoms with E-state index in [0.29, 0.717) is 0 Å². The molecule has 1 N–H and O–H groups in total. The standard InChI is InChI=1S/C20H15N5S/c1-2-4-16(5-3-1)19-13-26-20(24-19)25-23-12-15-6-8-17(9-7-15)18-10-11-21-14-22-18/h1-14H,(H,24,25). The van der Waals surface area contributed by atoms with Crippen molar-refractivity contribution >= 4 is 22.7 Å². The van der Waals surface area contributed by atoms with Gasteiger partial charge in [-0.15, -0.1) is 11.3 Å². The third kappa shape index (κ3) is 3.81. The van der Waals surface area contributed by atoms with Crippen molar-refractivity contribution in [3.05, 3.63) is 84.1 Å². The maximum absolute atomic E-state index is 4.54. The lowest BCUT2D eigenvalue weighted by atomic mass is 10.1. The monoisotopic (exact) mass is 357 g/mol. The Balaban J connectivity index is 1.40. The van der Waals surface area contributed by atoms with Gasteiger partial charge in [0.05, 0.1) is 17.6 Å². The van der Waals surface area contributed by atoms with Gasteiger partial charge in [-0.1, -0.05) is 54.6 Å². The fraction of sp³-hybridized carbons (Fsp3) is 0. The fourth-order valence-electron chi connectivity index (χ4n) is 2.43. The lowest BCUT2D eigenvalue weighted by Gasteiger charge is -2.00. The van der Waals surface area contributed by atoms with Gasteiger partial charge in [-0.25, -0.2) is 15.0 Å². The Kier molecular flexibility index (Phi) is 4.75. The molecule has 0 fully saturated rings. The Bertz CT molecular complexity index is 995. The zero-order valence-corrected chi connectivity index (χ0v) is 14.6. The summed E-state index contributed by atoms with van der Waals surface area (Å²) >= 11 is 1.53. The summed E-state index contributed by atoms with van der Waals surface area (Å²) in [6, 6.07) is 20.0. The van der Waals surface area contributed by atoms with Gasteiger partial charge < -0.3 is 0 Å². The molecule has 0 atom stereocenters. The highest BCUT2D eigenvalue weighted by atomic mass is 32.1. The van der Waals surface area contributed by atoms with Crippen molar-refractivity contribution in [1.82, 2.24) is 15.0 Å². The summed E-state index contributed by atoms with van der Waals surface area (Å²) in [6.07, 6.45) is 5.05. The van der Waals surface area contributed by atoms with E-state index in [0.717, 1.165) is 33.2 Å². The van der Waals surface area contributed by atoms with E-state index in [4.69, 9.17) is 0 Å². The second-order valence-electron chi connectivity index (χ2n) is 5.49. The molecule has 0 aliphatic carbocycles. The summed E-state index contributed by atoms with van der Waals surface area (Å²) in [5, 5.41) is 7.05. The average molecular weight is 357 g/mol. The number of hydrogen-bond donors (Lipinski definition) is 1. The lowest BCUT2D eigenvalue weighted by molar-refractivity contribution is 1.17. The number of thiazole rings is 1. The molecule has 2 heterocycles. The summed E-state index contributed by atoms with van der Waals surface area (Å²) in [4.78, 5) is 12.7. The first-order valence-electron chi connectivity index (χ1n) is 8.05. The molecular formula is C20H15N5S. The number of nitrogens with one attached hydrogen (secondary N) is 1. The number of benzene rings is 2. The van der Waals surface area contributed by atoms with Gasteiger partial charge in [0.25, 0.3) is 0 Å². The van der Waals surface area contributed by atoms with Crippen LogP contribution >= 0.6 is 11.3 Å². The third-order valence-corrected chi connectivity index (χ3v) is 4.48. The van der Waals surface area contributed by atoms with Crippen LogP contribution in [-0.4, -0.2) is 21.2 Å². The van der Waals surface area contributed by atoms with Crippen molar-refractivity contribution in [2.75, 3.05) is 5.43 Å². The number of hydrogen-bond acceptors (Lipinski definition) is 6. The van der Waals surface area contributed by atoms with E-state index in [-0.39, 0.29) is 0 Å². The highest BCUT2D eigenvalue weighted by Crippen LogP contribution is 2.24. The van der Waals surface area contributed by atoms with Crippen LogP contribution in [0, 0.1) is 0 Å². The average Bonchev–Trinajstić information content (AvgIpc) is 3.19. The first-order valence-corrected chi connectivity index (χ1v) is 8.93. The molecule has 0 saturated heterocycles. The Morgan fingerprint density at radius 2 is 1.69 bits per heavy atom. The first-order chi connectivity index (χ1) is 12.9. The largest absolute Gasteiger partial charge is 0.253 e. The van der Waals surface area contributed by atoms with E-state index in [1.807, 2.05) is 66.0 Å². The van der Waals surface area contributed by atoms with Gasteiger partial charge in [0, 0.05) is 22.7 Å². The SMILES string of the molecule is C(=NNc1nc(-c2ccccc2)cs1)c1ccc(-c2ccncn2)cc1. The van der Waals surface area contributed by atoms with Gasteiger partial charge in [0.2, 0.25) is 5.13 Å². The van der Waals surface area contributed by atoms with Crippen LogP contribution in [0.25, 0.3) is 22.5 Å². The van der Waals surface area contributed by atoms with Crippen LogP contribution in [0.3, 0.4) is 0 Å². The molecule has 4 rings (SSSR count). The zero-order valence-electron chi connectivity index (χ0n) is 13.8. The van der Waals surface area contributed by atoms with Crippen LogP contribution in [0.1, 0.15) is 5.56 Å². The molecule has 0 bridgehead atoms. The molecule has 2 aromatic heterocycles. The van der Waals surface area contributed by atoms with Crippen molar-refractivity contribution < 1.29 is 0 Å². The van der Waals surface area contributed by atoms with Gasteiger partial charge in [0.15, 0.2) is 0 Å². The molecule has 126 valence electrons. The fourth-order valence-corrected chi connectivity index (χ4v) is 3.10. The second-order valence-corrected chi connectivity index (χ2v) is 6.35. The van der Waals surface area contributed by atoms with Gasteiger partial charge in [0.1, 0.15) is 6.33 Å². The van der Waals surface area contributed by atoms with Crippen LogP contribution in [-0.2, 0) is 0 Å². The number of anilines is 1. The molecule has 2 aromatic carbocycles. The molecule has 0 aliphatic rings. The molecule has 5 nitrogen and oxygen atoms in total. The van der Waals surface area contributed by atoms with Crippen molar-refractivity contribution in [2.24, 2.45) is 5.10 Å². The molecular weight excluding hydrogens is 342 g/mol. The maximum Gasteiger partial charge on any atom is 0.203 e. The number of rotatable bonds is 5. The predicted molar refractivity (Wildman–Crippen MR) is 106 cm³/mol. The predicted octanol–water partition coefficient (Wildman–Crippen LogP) is 4.71. The molecule has 26 heavy (non-hydrogen) atoms. The quantitative estimate of drug-likeness (QED) is 0.415. The zero-order chi connectivity index (χ0) is 17.6. The van der Waals surface area contributed by atoms with Crippen LogP contribution in [0.5, 0.6) is 0 Å². The molecule has 6 heteroatoms. The Hall–Kier alpha value is -3.38. The van der Waals surface area contributed by atoms with E-state index in [2.05, 4.69) is 25.5 Å². The van der Waals surface area contributed by atoms with Crippen LogP contribution < -0.4 is 5.43 Å². The summed E-state index contributed by atoms with van der Waals surface area (Å²) in [7, 11) is 0. The van der Waals surface area contributed by atoms with Crippen LogP contribution in [0.4, 0.5) is 5.13 Å².